The zero-order valence-electron chi connectivity index (χ0n) is 9.05. The second kappa shape index (κ2) is 5.03. The molecule has 0 heterocycles. The molecule has 0 fully saturated rings. The van der Waals surface area contributed by atoms with Crippen LogP contribution < -0.4 is 5.32 Å². The van der Waals surface area contributed by atoms with Crippen LogP contribution in [0.15, 0.2) is 12.1 Å². The van der Waals surface area contributed by atoms with Crippen LogP contribution in [0.2, 0.25) is 0 Å². The van der Waals surface area contributed by atoms with Crippen molar-refractivity contribution >= 4 is 5.91 Å². The van der Waals surface area contributed by atoms with Crippen LogP contribution in [-0.4, -0.2) is 23.7 Å². The first-order valence-corrected chi connectivity index (χ1v) is 4.83. The van der Waals surface area contributed by atoms with Crippen LogP contribution in [-0.2, 0) is 0 Å². The summed E-state index contributed by atoms with van der Waals surface area (Å²) in [6, 6.07) is 1.31. The Morgan fingerprint density at radius 2 is 2.06 bits per heavy atom. The van der Waals surface area contributed by atoms with Gasteiger partial charge in [-0.1, -0.05) is 0 Å². The molecule has 1 rings (SSSR count). The molecule has 0 saturated carbocycles. The smallest absolute Gasteiger partial charge is 0.254 e. The minimum absolute atomic E-state index is 0.143. The minimum atomic E-state index is -0.776. The van der Waals surface area contributed by atoms with Gasteiger partial charge in [0.05, 0.1) is 12.2 Å². The first kappa shape index (κ1) is 12.6. The quantitative estimate of drug-likeness (QED) is 0.822. The van der Waals surface area contributed by atoms with E-state index in [1.54, 1.807) is 6.92 Å². The number of nitrogens with one attached hydrogen (secondary N) is 1. The number of halogens is 2. The highest BCUT2D eigenvalue weighted by molar-refractivity contribution is 5.94. The van der Waals surface area contributed by atoms with E-state index in [1.165, 1.54) is 6.92 Å². The Morgan fingerprint density at radius 1 is 1.44 bits per heavy atom. The van der Waals surface area contributed by atoms with Gasteiger partial charge in [0, 0.05) is 6.04 Å². The minimum Gasteiger partial charge on any atom is -0.394 e. The van der Waals surface area contributed by atoms with Gasteiger partial charge in [0.25, 0.3) is 5.91 Å². The Hall–Kier alpha value is -1.49. The van der Waals surface area contributed by atoms with Crippen molar-refractivity contribution in [3.63, 3.8) is 0 Å². The first-order chi connectivity index (χ1) is 7.45. The number of rotatable bonds is 3. The second-order valence-corrected chi connectivity index (χ2v) is 3.64. The summed E-state index contributed by atoms with van der Waals surface area (Å²) in [7, 11) is 0. The average Bonchev–Trinajstić information content (AvgIpc) is 2.23. The summed E-state index contributed by atoms with van der Waals surface area (Å²) in [6.45, 7) is 2.71. The first-order valence-electron chi connectivity index (χ1n) is 4.83. The van der Waals surface area contributed by atoms with Crippen molar-refractivity contribution in [3.05, 3.63) is 34.9 Å². The Morgan fingerprint density at radius 3 is 2.62 bits per heavy atom. The fourth-order valence-corrected chi connectivity index (χ4v) is 1.17. The number of hydrogen-bond donors (Lipinski definition) is 2. The van der Waals surface area contributed by atoms with E-state index < -0.39 is 23.6 Å². The number of aliphatic hydroxyl groups excluding tert-OH is 1. The predicted octanol–water partition coefficient (Wildman–Crippen LogP) is 1.38. The number of carbonyl (C=O) groups is 1. The molecule has 5 heteroatoms. The van der Waals surface area contributed by atoms with Gasteiger partial charge in [-0.05, 0) is 31.5 Å². The lowest BCUT2D eigenvalue weighted by atomic mass is 10.1. The molecule has 3 nitrogen and oxygen atoms in total. The molecule has 2 N–H and O–H groups in total. The summed E-state index contributed by atoms with van der Waals surface area (Å²) < 4.78 is 26.5. The Labute approximate surface area is 92.1 Å². The van der Waals surface area contributed by atoms with Crippen LogP contribution in [0.4, 0.5) is 8.78 Å². The third kappa shape index (κ3) is 2.76. The molecular weight excluding hydrogens is 216 g/mol. The van der Waals surface area contributed by atoms with Crippen molar-refractivity contribution in [2.24, 2.45) is 0 Å². The van der Waals surface area contributed by atoms with Crippen molar-refractivity contribution in [1.82, 2.24) is 5.32 Å². The van der Waals surface area contributed by atoms with E-state index in [0.29, 0.717) is 0 Å². The van der Waals surface area contributed by atoms with Gasteiger partial charge in [0.2, 0.25) is 0 Å². The summed E-state index contributed by atoms with van der Waals surface area (Å²) in [5.74, 6) is -2.15. The van der Waals surface area contributed by atoms with Gasteiger partial charge < -0.3 is 10.4 Å². The van der Waals surface area contributed by atoms with Gasteiger partial charge >= 0.3 is 0 Å². The van der Waals surface area contributed by atoms with Gasteiger partial charge in [0.15, 0.2) is 0 Å². The van der Waals surface area contributed by atoms with Crippen molar-refractivity contribution in [3.8, 4) is 0 Å². The molecule has 0 radical (unpaired) electrons. The largest absolute Gasteiger partial charge is 0.394 e. The molecule has 0 bridgehead atoms. The van der Waals surface area contributed by atoms with Gasteiger partial charge in [-0.15, -0.1) is 0 Å². The van der Waals surface area contributed by atoms with E-state index in [4.69, 9.17) is 5.11 Å². The van der Waals surface area contributed by atoms with Crippen molar-refractivity contribution in [2.45, 2.75) is 19.9 Å². The molecule has 0 aliphatic rings. The van der Waals surface area contributed by atoms with Crippen LogP contribution in [0.25, 0.3) is 0 Å². The molecule has 0 saturated heterocycles. The van der Waals surface area contributed by atoms with Crippen LogP contribution in [0.1, 0.15) is 22.8 Å². The SMILES string of the molecule is Cc1cc(F)c(C(=O)NC(C)CO)cc1F. The van der Waals surface area contributed by atoms with Gasteiger partial charge in [0.1, 0.15) is 11.6 Å². The zero-order valence-corrected chi connectivity index (χ0v) is 9.05. The van der Waals surface area contributed by atoms with E-state index in [9.17, 15) is 13.6 Å². The van der Waals surface area contributed by atoms with Crippen LogP contribution in [0, 0.1) is 18.6 Å². The maximum absolute atomic E-state index is 13.3. The monoisotopic (exact) mass is 229 g/mol. The van der Waals surface area contributed by atoms with Crippen molar-refractivity contribution < 1.29 is 18.7 Å². The highest BCUT2D eigenvalue weighted by Crippen LogP contribution is 2.14. The van der Waals surface area contributed by atoms with E-state index in [0.717, 1.165) is 12.1 Å². The molecule has 1 unspecified atom stereocenters. The molecule has 16 heavy (non-hydrogen) atoms. The lowest BCUT2D eigenvalue weighted by Gasteiger charge is -2.11. The van der Waals surface area contributed by atoms with Crippen LogP contribution >= 0.6 is 0 Å². The van der Waals surface area contributed by atoms with Gasteiger partial charge in [-0.25, -0.2) is 8.78 Å². The molecule has 0 spiro atoms. The molecule has 1 aromatic rings. The topological polar surface area (TPSA) is 49.3 Å². The van der Waals surface area contributed by atoms with Crippen LogP contribution in [0.3, 0.4) is 0 Å². The van der Waals surface area contributed by atoms with E-state index in [-0.39, 0.29) is 17.7 Å². The standard InChI is InChI=1S/C11H13F2NO2/c1-6-3-10(13)8(4-9(6)12)11(16)14-7(2)5-15/h3-4,7,15H,5H2,1-2H3,(H,14,16). The van der Waals surface area contributed by atoms with Crippen LogP contribution in [0.5, 0.6) is 0 Å². The highest BCUT2D eigenvalue weighted by atomic mass is 19.1. The number of amides is 1. The van der Waals surface area contributed by atoms with E-state index in [1.807, 2.05) is 0 Å². The lowest BCUT2D eigenvalue weighted by molar-refractivity contribution is 0.0917. The summed E-state index contributed by atoms with van der Waals surface area (Å²) in [6.07, 6.45) is 0. The van der Waals surface area contributed by atoms with E-state index in [2.05, 4.69) is 5.32 Å². The Kier molecular flexibility index (Phi) is 3.95. The third-order valence-corrected chi connectivity index (χ3v) is 2.14. The average molecular weight is 229 g/mol. The number of benzene rings is 1. The normalized spacial score (nSPS) is 12.3. The fraction of sp³-hybridized carbons (Fsp3) is 0.364. The van der Waals surface area contributed by atoms with Crippen molar-refractivity contribution in [1.29, 1.82) is 0 Å². The molecule has 1 amide bonds. The summed E-state index contributed by atoms with van der Waals surface area (Å²) in [4.78, 5) is 11.5. The summed E-state index contributed by atoms with van der Waals surface area (Å²) in [5, 5.41) is 11.1. The highest BCUT2D eigenvalue weighted by Gasteiger charge is 2.15. The number of aryl methyl sites for hydroxylation is 1. The molecule has 1 aromatic carbocycles. The maximum Gasteiger partial charge on any atom is 0.254 e. The summed E-state index contributed by atoms with van der Waals surface area (Å²) in [5.41, 5.74) is -0.215. The number of aliphatic hydroxyl groups is 1. The molecule has 88 valence electrons. The molecule has 1 atom stereocenters. The molecule has 0 aromatic heterocycles. The predicted molar refractivity (Wildman–Crippen MR) is 55.1 cm³/mol. The van der Waals surface area contributed by atoms with Gasteiger partial charge in [-0.2, -0.15) is 0 Å². The third-order valence-electron chi connectivity index (χ3n) is 2.14. The van der Waals surface area contributed by atoms with Gasteiger partial charge in [-0.3, -0.25) is 4.79 Å². The fourth-order valence-electron chi connectivity index (χ4n) is 1.17. The molecular formula is C11H13F2NO2. The maximum atomic E-state index is 13.3. The second-order valence-electron chi connectivity index (χ2n) is 3.64. The lowest BCUT2D eigenvalue weighted by Crippen LogP contribution is -2.35. The molecule has 0 aliphatic heterocycles. The Balaban J connectivity index is 2.96. The number of hydrogen-bond acceptors (Lipinski definition) is 2. The Bertz CT molecular complexity index is 407. The number of carbonyl (C=O) groups excluding carboxylic acids is 1. The van der Waals surface area contributed by atoms with Crippen molar-refractivity contribution in [2.75, 3.05) is 6.61 Å². The van der Waals surface area contributed by atoms with E-state index >= 15 is 0 Å². The molecule has 0 aliphatic carbocycles. The summed E-state index contributed by atoms with van der Waals surface area (Å²) >= 11 is 0. The zero-order chi connectivity index (χ0) is 12.3.